The first kappa shape index (κ1) is 18.5. The first-order valence-corrected chi connectivity index (χ1v) is 9.24. The Balaban J connectivity index is 1.70. The Kier molecular flexibility index (Phi) is 4.80. The Bertz CT molecular complexity index is 1080. The van der Waals surface area contributed by atoms with E-state index in [1.165, 1.54) is 11.6 Å². The lowest BCUT2D eigenvalue weighted by atomic mass is 9.87. The van der Waals surface area contributed by atoms with Gasteiger partial charge in [-0.3, -0.25) is 0 Å². The van der Waals surface area contributed by atoms with E-state index in [1.54, 1.807) is 12.1 Å². The van der Waals surface area contributed by atoms with Crippen LogP contribution in [-0.4, -0.2) is 0 Å². The van der Waals surface area contributed by atoms with Crippen LogP contribution in [0.4, 0.5) is 17.6 Å². The Morgan fingerprint density at radius 3 is 2.14 bits per heavy atom. The Hall–Kier alpha value is -2.88. The van der Waals surface area contributed by atoms with Crippen molar-refractivity contribution in [3.8, 4) is 11.1 Å². The zero-order valence-electron chi connectivity index (χ0n) is 15.3. The second-order valence-electron chi connectivity index (χ2n) is 6.97. The maximum Gasteiger partial charge on any atom is 0.194 e. The van der Waals surface area contributed by atoms with Crippen molar-refractivity contribution in [3.63, 3.8) is 0 Å². The Morgan fingerprint density at radius 2 is 1.46 bits per heavy atom. The summed E-state index contributed by atoms with van der Waals surface area (Å²) in [6.45, 7) is 2.08. The van der Waals surface area contributed by atoms with Crippen molar-refractivity contribution in [1.29, 1.82) is 0 Å². The molecule has 0 amide bonds. The van der Waals surface area contributed by atoms with Gasteiger partial charge in [0.15, 0.2) is 17.5 Å². The molecule has 1 aliphatic carbocycles. The molecule has 28 heavy (non-hydrogen) atoms. The molecule has 0 spiro atoms. The third kappa shape index (κ3) is 3.24. The van der Waals surface area contributed by atoms with Crippen molar-refractivity contribution in [3.05, 3.63) is 94.1 Å². The summed E-state index contributed by atoms with van der Waals surface area (Å²) in [4.78, 5) is 0. The lowest BCUT2D eigenvalue weighted by Gasteiger charge is -2.19. The topological polar surface area (TPSA) is 0 Å². The lowest BCUT2D eigenvalue weighted by molar-refractivity contribution is 0.440. The SMILES string of the molecule is CCc1ccc(-c2ccc(C3=Cc4cc(F)c(F)c(F)c4CC3)c(F)c2)cc1. The monoisotopic (exact) mass is 382 g/mol. The highest BCUT2D eigenvalue weighted by Crippen LogP contribution is 2.35. The number of allylic oxidation sites excluding steroid dienone is 1. The van der Waals surface area contributed by atoms with Crippen LogP contribution in [0.3, 0.4) is 0 Å². The normalized spacial score (nSPS) is 13.2. The highest BCUT2D eigenvalue weighted by Gasteiger charge is 2.22. The molecule has 1 aliphatic rings. The fourth-order valence-electron chi connectivity index (χ4n) is 3.65. The van der Waals surface area contributed by atoms with E-state index in [4.69, 9.17) is 0 Å². The van der Waals surface area contributed by atoms with Gasteiger partial charge in [0.25, 0.3) is 0 Å². The smallest absolute Gasteiger partial charge is 0.194 e. The van der Waals surface area contributed by atoms with E-state index < -0.39 is 23.3 Å². The van der Waals surface area contributed by atoms with E-state index in [0.29, 0.717) is 17.6 Å². The molecule has 142 valence electrons. The maximum absolute atomic E-state index is 14.8. The number of hydrogen-bond acceptors (Lipinski definition) is 0. The Labute approximate surface area is 161 Å². The third-order valence-corrected chi connectivity index (χ3v) is 5.28. The van der Waals surface area contributed by atoms with Gasteiger partial charge in [-0.15, -0.1) is 0 Å². The molecule has 0 saturated carbocycles. The highest BCUT2D eigenvalue weighted by atomic mass is 19.2. The molecule has 4 rings (SSSR count). The predicted molar refractivity (Wildman–Crippen MR) is 104 cm³/mol. The minimum absolute atomic E-state index is 0.135. The van der Waals surface area contributed by atoms with Crippen LogP contribution in [0.2, 0.25) is 0 Å². The molecule has 4 heteroatoms. The van der Waals surface area contributed by atoms with Crippen LogP contribution in [0.1, 0.15) is 35.6 Å². The van der Waals surface area contributed by atoms with Gasteiger partial charge in [-0.2, -0.15) is 0 Å². The molecule has 0 bridgehead atoms. The number of fused-ring (bicyclic) bond motifs is 1. The number of aryl methyl sites for hydroxylation is 1. The average Bonchev–Trinajstić information content (AvgIpc) is 2.72. The predicted octanol–water partition coefficient (Wildman–Crippen LogP) is 6.96. The summed E-state index contributed by atoms with van der Waals surface area (Å²) in [7, 11) is 0. The molecule has 0 N–H and O–H groups in total. The molecule has 0 nitrogen and oxygen atoms in total. The van der Waals surface area contributed by atoms with Crippen LogP contribution in [-0.2, 0) is 12.8 Å². The number of hydrogen-bond donors (Lipinski definition) is 0. The van der Waals surface area contributed by atoms with Gasteiger partial charge in [0.2, 0.25) is 0 Å². The highest BCUT2D eigenvalue weighted by molar-refractivity contribution is 5.85. The number of rotatable bonds is 3. The van der Waals surface area contributed by atoms with E-state index in [1.807, 2.05) is 30.3 Å². The molecular formula is C24H18F4. The summed E-state index contributed by atoms with van der Waals surface area (Å²) in [5.74, 6) is -4.24. The first-order chi connectivity index (χ1) is 13.5. The zero-order valence-corrected chi connectivity index (χ0v) is 15.3. The van der Waals surface area contributed by atoms with E-state index in [0.717, 1.165) is 23.6 Å². The number of benzene rings is 3. The standard InChI is InChI=1S/C24H18F4/c1-2-14-3-5-15(6-4-14)16-7-9-19(21(25)12-16)17-8-10-20-18(11-17)13-22(26)24(28)23(20)27/h3-7,9,11-13H,2,8,10H2,1H3. The molecule has 0 radical (unpaired) electrons. The number of halogens is 4. The van der Waals surface area contributed by atoms with Crippen molar-refractivity contribution in [2.75, 3.05) is 0 Å². The van der Waals surface area contributed by atoms with Gasteiger partial charge in [0, 0.05) is 5.56 Å². The molecule has 0 aliphatic heterocycles. The average molecular weight is 382 g/mol. The molecule has 0 heterocycles. The van der Waals surface area contributed by atoms with E-state index >= 15 is 0 Å². The quantitative estimate of drug-likeness (QED) is 0.339. The minimum Gasteiger partial charge on any atom is -0.206 e. The van der Waals surface area contributed by atoms with Gasteiger partial charge in [-0.1, -0.05) is 49.4 Å². The maximum atomic E-state index is 14.8. The summed E-state index contributed by atoms with van der Waals surface area (Å²) in [6.07, 6.45) is 3.03. The fraction of sp³-hybridized carbons (Fsp3) is 0.167. The molecular weight excluding hydrogens is 364 g/mol. The summed E-state index contributed by atoms with van der Waals surface area (Å²) >= 11 is 0. The van der Waals surface area contributed by atoms with E-state index in [2.05, 4.69) is 6.92 Å². The van der Waals surface area contributed by atoms with Gasteiger partial charge in [0.05, 0.1) is 0 Å². The van der Waals surface area contributed by atoms with Crippen LogP contribution in [0.25, 0.3) is 22.8 Å². The molecule has 0 aromatic heterocycles. The van der Waals surface area contributed by atoms with Crippen LogP contribution in [0, 0.1) is 23.3 Å². The molecule has 0 saturated heterocycles. The summed E-state index contributed by atoms with van der Waals surface area (Å²) in [5.41, 5.74) is 4.33. The summed E-state index contributed by atoms with van der Waals surface area (Å²) < 4.78 is 55.7. The fourth-order valence-corrected chi connectivity index (χ4v) is 3.65. The second kappa shape index (κ2) is 7.27. The second-order valence-corrected chi connectivity index (χ2v) is 6.97. The van der Waals surface area contributed by atoms with Gasteiger partial charge in [0.1, 0.15) is 5.82 Å². The van der Waals surface area contributed by atoms with Crippen molar-refractivity contribution in [2.45, 2.75) is 26.2 Å². The van der Waals surface area contributed by atoms with Gasteiger partial charge < -0.3 is 0 Å². The largest absolute Gasteiger partial charge is 0.206 e. The molecule has 0 atom stereocenters. The molecule has 0 unspecified atom stereocenters. The lowest BCUT2D eigenvalue weighted by Crippen LogP contribution is -2.07. The third-order valence-electron chi connectivity index (χ3n) is 5.28. The minimum atomic E-state index is -1.46. The van der Waals surface area contributed by atoms with Crippen molar-refractivity contribution in [1.82, 2.24) is 0 Å². The van der Waals surface area contributed by atoms with Crippen molar-refractivity contribution in [2.24, 2.45) is 0 Å². The van der Waals surface area contributed by atoms with E-state index in [9.17, 15) is 17.6 Å². The van der Waals surface area contributed by atoms with Crippen LogP contribution in [0.5, 0.6) is 0 Å². The van der Waals surface area contributed by atoms with E-state index in [-0.39, 0.29) is 17.5 Å². The van der Waals surface area contributed by atoms with Gasteiger partial charge in [-0.05, 0) is 64.8 Å². The van der Waals surface area contributed by atoms with Crippen LogP contribution in [0.15, 0.2) is 48.5 Å². The van der Waals surface area contributed by atoms with Crippen molar-refractivity contribution < 1.29 is 17.6 Å². The first-order valence-electron chi connectivity index (χ1n) is 9.24. The molecule has 0 fully saturated rings. The Morgan fingerprint density at radius 1 is 0.750 bits per heavy atom. The molecule has 3 aromatic rings. The van der Waals surface area contributed by atoms with Crippen LogP contribution >= 0.6 is 0 Å². The van der Waals surface area contributed by atoms with Gasteiger partial charge in [-0.25, -0.2) is 17.6 Å². The van der Waals surface area contributed by atoms with Gasteiger partial charge >= 0.3 is 0 Å². The molecule has 3 aromatic carbocycles. The van der Waals surface area contributed by atoms with Crippen LogP contribution < -0.4 is 0 Å². The zero-order chi connectivity index (χ0) is 19.8. The summed E-state index contributed by atoms with van der Waals surface area (Å²) in [5, 5.41) is 0. The summed E-state index contributed by atoms with van der Waals surface area (Å²) in [6, 6.07) is 13.9. The van der Waals surface area contributed by atoms with Crippen molar-refractivity contribution >= 4 is 11.6 Å².